The molecule has 0 saturated heterocycles. The predicted molar refractivity (Wildman–Crippen MR) is 79.0 cm³/mol. The topological polar surface area (TPSA) is 58.1 Å². The fourth-order valence-electron chi connectivity index (χ4n) is 1.86. The van der Waals surface area contributed by atoms with Crippen LogP contribution in [0.1, 0.15) is 24.2 Å². The molecule has 1 N–H and O–H groups in total. The molecule has 2 aromatic rings. The van der Waals surface area contributed by atoms with Gasteiger partial charge in [0.15, 0.2) is 0 Å². The Bertz CT molecular complexity index is 594. The van der Waals surface area contributed by atoms with Crippen LogP contribution < -0.4 is 5.32 Å². The van der Waals surface area contributed by atoms with Crippen LogP contribution in [0.5, 0.6) is 0 Å². The Kier molecular flexibility index (Phi) is 4.81. The first-order valence-electron chi connectivity index (χ1n) is 6.78. The van der Waals surface area contributed by atoms with Crippen molar-refractivity contribution in [1.29, 1.82) is 0 Å². The van der Waals surface area contributed by atoms with Gasteiger partial charge in [0.25, 0.3) is 5.91 Å². The molecule has 2 rings (SSSR count). The lowest BCUT2D eigenvalue weighted by Gasteiger charge is -2.18. The maximum Gasteiger partial charge on any atom is 0.256 e. The number of nitrogens with one attached hydrogen (secondary N) is 1. The van der Waals surface area contributed by atoms with E-state index in [0.717, 1.165) is 0 Å². The van der Waals surface area contributed by atoms with Crippen molar-refractivity contribution in [3.05, 3.63) is 48.0 Å². The second kappa shape index (κ2) is 6.78. The molecule has 0 atom stereocenters. The lowest BCUT2D eigenvalue weighted by molar-refractivity contribution is 0.0772. The third kappa shape index (κ3) is 3.75. The number of hydrogen-bond donors (Lipinski definition) is 1. The highest BCUT2D eigenvalue weighted by Gasteiger charge is 2.13. The van der Waals surface area contributed by atoms with Gasteiger partial charge in [0, 0.05) is 31.2 Å². The van der Waals surface area contributed by atoms with E-state index in [4.69, 9.17) is 0 Å². The molecule has 0 fully saturated rings. The van der Waals surface area contributed by atoms with Crippen LogP contribution in [-0.2, 0) is 0 Å². The third-order valence-corrected chi connectivity index (χ3v) is 3.05. The minimum absolute atomic E-state index is 0.0895. The Morgan fingerprint density at radius 1 is 1.14 bits per heavy atom. The van der Waals surface area contributed by atoms with Crippen LogP contribution in [0.2, 0.25) is 0 Å². The fraction of sp³-hybridized carbons (Fsp3) is 0.267. The Balaban J connectivity index is 2.08. The van der Waals surface area contributed by atoms with E-state index in [-0.39, 0.29) is 11.7 Å². The van der Waals surface area contributed by atoms with Gasteiger partial charge in [0.05, 0.1) is 5.56 Å². The molecule has 1 aromatic carbocycles. The molecular weight excluding hydrogens is 271 g/mol. The molecule has 1 heterocycles. The van der Waals surface area contributed by atoms with E-state index in [9.17, 15) is 9.18 Å². The highest BCUT2D eigenvalue weighted by atomic mass is 19.1. The summed E-state index contributed by atoms with van der Waals surface area (Å²) < 4.78 is 12.8. The van der Waals surface area contributed by atoms with Gasteiger partial charge in [-0.1, -0.05) is 0 Å². The highest BCUT2D eigenvalue weighted by molar-refractivity contribution is 5.93. The van der Waals surface area contributed by atoms with Gasteiger partial charge in [-0.25, -0.2) is 14.4 Å². The van der Waals surface area contributed by atoms with Crippen molar-refractivity contribution in [2.45, 2.75) is 13.8 Å². The number of carbonyl (C=O) groups is 1. The van der Waals surface area contributed by atoms with Gasteiger partial charge in [-0.2, -0.15) is 0 Å². The summed E-state index contributed by atoms with van der Waals surface area (Å²) in [6.45, 7) is 5.13. The standard InChI is InChI=1S/C15H17FN4O/c1-3-20(4-2)14(21)11-9-17-15(18-10-11)19-13-7-5-12(16)6-8-13/h5-10H,3-4H2,1-2H3,(H,17,18,19). The number of rotatable bonds is 5. The minimum Gasteiger partial charge on any atom is -0.339 e. The molecule has 0 saturated carbocycles. The van der Waals surface area contributed by atoms with Crippen LogP contribution >= 0.6 is 0 Å². The van der Waals surface area contributed by atoms with E-state index in [1.807, 2.05) is 13.8 Å². The summed E-state index contributed by atoms with van der Waals surface area (Å²) in [4.78, 5) is 22.0. The largest absolute Gasteiger partial charge is 0.339 e. The summed E-state index contributed by atoms with van der Waals surface area (Å²) in [5.41, 5.74) is 1.13. The molecule has 1 amide bonds. The first-order valence-corrected chi connectivity index (χ1v) is 6.78. The predicted octanol–water partition coefficient (Wildman–Crippen LogP) is 2.84. The monoisotopic (exact) mass is 288 g/mol. The molecule has 0 radical (unpaired) electrons. The van der Waals surface area contributed by atoms with Gasteiger partial charge in [-0.3, -0.25) is 4.79 Å². The summed E-state index contributed by atoms with van der Waals surface area (Å²) in [6, 6.07) is 5.88. The number of anilines is 2. The maximum atomic E-state index is 12.8. The first kappa shape index (κ1) is 14.9. The molecule has 0 spiro atoms. The van der Waals surface area contributed by atoms with Crippen molar-refractivity contribution >= 4 is 17.5 Å². The average molecular weight is 288 g/mol. The molecule has 0 bridgehead atoms. The van der Waals surface area contributed by atoms with E-state index in [1.165, 1.54) is 24.5 Å². The van der Waals surface area contributed by atoms with Crippen molar-refractivity contribution < 1.29 is 9.18 Å². The first-order chi connectivity index (χ1) is 10.1. The lowest BCUT2D eigenvalue weighted by atomic mass is 10.3. The van der Waals surface area contributed by atoms with Crippen LogP contribution in [0.4, 0.5) is 16.0 Å². The molecule has 1 aromatic heterocycles. The quantitative estimate of drug-likeness (QED) is 0.919. The molecule has 0 aliphatic heterocycles. The number of hydrogen-bond acceptors (Lipinski definition) is 4. The normalized spacial score (nSPS) is 10.2. The number of carbonyl (C=O) groups excluding carboxylic acids is 1. The van der Waals surface area contributed by atoms with E-state index < -0.39 is 0 Å². The second-order valence-corrected chi connectivity index (χ2v) is 4.40. The summed E-state index contributed by atoms with van der Waals surface area (Å²) >= 11 is 0. The van der Waals surface area contributed by atoms with E-state index in [2.05, 4.69) is 15.3 Å². The zero-order valence-corrected chi connectivity index (χ0v) is 12.0. The fourth-order valence-corrected chi connectivity index (χ4v) is 1.86. The van der Waals surface area contributed by atoms with Crippen LogP contribution in [-0.4, -0.2) is 33.9 Å². The Morgan fingerprint density at radius 2 is 1.71 bits per heavy atom. The molecule has 21 heavy (non-hydrogen) atoms. The Labute approximate surface area is 122 Å². The van der Waals surface area contributed by atoms with Crippen LogP contribution in [0.3, 0.4) is 0 Å². The molecule has 0 unspecified atom stereocenters. The van der Waals surface area contributed by atoms with Gasteiger partial charge in [0.1, 0.15) is 5.82 Å². The zero-order chi connectivity index (χ0) is 15.2. The number of nitrogens with zero attached hydrogens (tertiary/aromatic N) is 3. The molecule has 6 heteroatoms. The zero-order valence-electron chi connectivity index (χ0n) is 12.0. The molecular formula is C15H17FN4O. The number of benzene rings is 1. The van der Waals surface area contributed by atoms with Crippen LogP contribution in [0.25, 0.3) is 0 Å². The lowest BCUT2D eigenvalue weighted by Crippen LogP contribution is -2.30. The summed E-state index contributed by atoms with van der Waals surface area (Å²) in [5.74, 6) is -0.0346. The molecule has 0 aliphatic carbocycles. The van der Waals surface area contributed by atoms with Crippen LogP contribution in [0, 0.1) is 5.82 Å². The Hall–Kier alpha value is -2.50. The molecule has 110 valence electrons. The highest BCUT2D eigenvalue weighted by Crippen LogP contribution is 2.13. The van der Waals surface area contributed by atoms with Crippen LogP contribution in [0.15, 0.2) is 36.7 Å². The van der Waals surface area contributed by atoms with Crippen molar-refractivity contribution in [2.75, 3.05) is 18.4 Å². The van der Waals surface area contributed by atoms with Gasteiger partial charge in [-0.15, -0.1) is 0 Å². The molecule has 5 nitrogen and oxygen atoms in total. The van der Waals surface area contributed by atoms with E-state index in [1.54, 1.807) is 17.0 Å². The van der Waals surface area contributed by atoms with Crippen molar-refractivity contribution in [2.24, 2.45) is 0 Å². The van der Waals surface area contributed by atoms with E-state index in [0.29, 0.717) is 30.3 Å². The van der Waals surface area contributed by atoms with E-state index >= 15 is 0 Å². The minimum atomic E-state index is -0.304. The smallest absolute Gasteiger partial charge is 0.256 e. The number of amides is 1. The third-order valence-electron chi connectivity index (χ3n) is 3.05. The van der Waals surface area contributed by atoms with Gasteiger partial charge in [-0.05, 0) is 38.1 Å². The van der Waals surface area contributed by atoms with Crippen molar-refractivity contribution in [1.82, 2.24) is 14.9 Å². The van der Waals surface area contributed by atoms with Crippen molar-refractivity contribution in [3.8, 4) is 0 Å². The SMILES string of the molecule is CCN(CC)C(=O)c1cnc(Nc2ccc(F)cc2)nc1. The van der Waals surface area contributed by atoms with Crippen molar-refractivity contribution in [3.63, 3.8) is 0 Å². The average Bonchev–Trinajstić information content (AvgIpc) is 2.51. The maximum absolute atomic E-state index is 12.8. The van der Waals surface area contributed by atoms with Gasteiger partial charge in [0.2, 0.25) is 5.95 Å². The van der Waals surface area contributed by atoms with Gasteiger partial charge < -0.3 is 10.2 Å². The summed E-state index contributed by atoms with van der Waals surface area (Å²) in [5, 5.41) is 2.94. The summed E-state index contributed by atoms with van der Waals surface area (Å²) in [6.07, 6.45) is 2.97. The number of halogens is 1. The Morgan fingerprint density at radius 3 is 2.24 bits per heavy atom. The second-order valence-electron chi connectivity index (χ2n) is 4.40. The van der Waals surface area contributed by atoms with Gasteiger partial charge >= 0.3 is 0 Å². The summed E-state index contributed by atoms with van der Waals surface area (Å²) in [7, 11) is 0. The number of aromatic nitrogens is 2. The molecule has 0 aliphatic rings.